The second kappa shape index (κ2) is 9.67. The summed E-state index contributed by atoms with van der Waals surface area (Å²) in [6.07, 6.45) is 3.37. The molecule has 2 rings (SSSR count). The van der Waals surface area contributed by atoms with E-state index in [2.05, 4.69) is 4.52 Å². The van der Waals surface area contributed by atoms with Crippen molar-refractivity contribution in [3.63, 3.8) is 0 Å². The maximum atomic E-state index is 11.1. The van der Waals surface area contributed by atoms with Crippen LogP contribution in [0.4, 0.5) is 0 Å². The highest BCUT2D eigenvalue weighted by Crippen LogP contribution is 2.41. The number of aromatic hydroxyl groups is 1. The third-order valence-electron chi connectivity index (χ3n) is 4.02. The maximum absolute atomic E-state index is 11.1. The monoisotopic (exact) mass is 426 g/mol. The Labute approximate surface area is 168 Å². The van der Waals surface area contributed by atoms with Crippen LogP contribution in [0.25, 0.3) is 12.2 Å². The van der Waals surface area contributed by atoms with E-state index in [-0.39, 0.29) is 17.1 Å². The minimum absolute atomic E-state index is 0.152. The normalized spacial score (nSPS) is 11.5. The van der Waals surface area contributed by atoms with Gasteiger partial charge >= 0.3 is 7.82 Å². The highest BCUT2D eigenvalue weighted by Gasteiger charge is 2.19. The number of phenolic OH excluding ortho intramolecular Hbond substituents is 1. The zero-order valence-corrected chi connectivity index (χ0v) is 17.3. The van der Waals surface area contributed by atoms with Crippen LogP contribution in [0.2, 0.25) is 0 Å². The molecule has 0 aliphatic carbocycles. The van der Waals surface area contributed by atoms with Crippen molar-refractivity contribution in [1.82, 2.24) is 0 Å². The summed E-state index contributed by atoms with van der Waals surface area (Å²) in [5.41, 5.74) is 1.35. The molecule has 0 saturated heterocycles. The number of phenols is 1. The van der Waals surface area contributed by atoms with Gasteiger partial charge in [0.25, 0.3) is 0 Å². The topological polar surface area (TPSA) is 124 Å². The molecule has 3 N–H and O–H groups in total. The van der Waals surface area contributed by atoms with E-state index in [9.17, 15) is 9.67 Å². The van der Waals surface area contributed by atoms with Gasteiger partial charge in [0.1, 0.15) is 0 Å². The Morgan fingerprint density at radius 3 is 1.97 bits per heavy atom. The fourth-order valence-corrected chi connectivity index (χ4v) is 2.93. The van der Waals surface area contributed by atoms with E-state index in [1.54, 1.807) is 30.4 Å². The van der Waals surface area contributed by atoms with Gasteiger partial charge in [-0.2, -0.15) is 0 Å². The predicted octanol–water partition coefficient (Wildman–Crippen LogP) is 3.21. The summed E-state index contributed by atoms with van der Waals surface area (Å²) in [6.45, 7) is -0.512. The minimum Gasteiger partial charge on any atom is -0.504 e. The highest BCUT2D eigenvalue weighted by atomic mass is 31.2. The Bertz CT molecular complexity index is 909. The lowest BCUT2D eigenvalue weighted by Crippen LogP contribution is -1.97. The molecule has 0 aromatic heterocycles. The van der Waals surface area contributed by atoms with Gasteiger partial charge in [-0.05, 0) is 29.3 Å². The van der Waals surface area contributed by atoms with Gasteiger partial charge in [-0.3, -0.25) is 4.52 Å². The smallest absolute Gasteiger partial charge is 0.469 e. The molecular formula is C19H23O9P. The van der Waals surface area contributed by atoms with E-state index in [4.69, 9.17) is 28.7 Å². The van der Waals surface area contributed by atoms with Crippen LogP contribution in [-0.4, -0.2) is 43.3 Å². The minimum atomic E-state index is -4.72. The molecule has 29 heavy (non-hydrogen) atoms. The maximum Gasteiger partial charge on any atom is 0.469 e. The largest absolute Gasteiger partial charge is 0.504 e. The van der Waals surface area contributed by atoms with Crippen LogP contribution < -0.4 is 18.9 Å². The lowest BCUT2D eigenvalue weighted by atomic mass is 10.0. The molecule has 0 unspecified atom stereocenters. The number of hydrogen-bond donors (Lipinski definition) is 3. The van der Waals surface area contributed by atoms with Crippen molar-refractivity contribution in [1.29, 1.82) is 0 Å². The van der Waals surface area contributed by atoms with E-state index in [1.165, 1.54) is 34.5 Å². The second-order valence-electron chi connectivity index (χ2n) is 5.74. The first kappa shape index (κ1) is 22.6. The summed E-state index contributed by atoms with van der Waals surface area (Å²) in [4.78, 5) is 18.0. The molecule has 0 saturated carbocycles. The number of benzene rings is 2. The molecular weight excluding hydrogens is 403 g/mol. The Hall–Kier alpha value is -2.71. The Morgan fingerprint density at radius 1 is 0.897 bits per heavy atom. The molecule has 0 aliphatic heterocycles. The average molecular weight is 426 g/mol. The number of phosphoric acid groups is 1. The molecule has 2 aromatic rings. The summed E-state index contributed by atoms with van der Waals surface area (Å²) in [5, 5.41) is 10.3. The van der Waals surface area contributed by atoms with Gasteiger partial charge in [-0.1, -0.05) is 18.2 Å². The van der Waals surface area contributed by atoms with E-state index in [0.717, 1.165) is 0 Å². The average Bonchev–Trinajstić information content (AvgIpc) is 2.69. The lowest BCUT2D eigenvalue weighted by Gasteiger charge is -2.14. The summed E-state index contributed by atoms with van der Waals surface area (Å²) in [7, 11) is 1.16. The SMILES string of the molecule is COc1ccc(/C=C\c2cc(OC)c(OC)c(OC)c2)c(COP(=O)(O)O)c1O. The molecule has 0 spiro atoms. The Morgan fingerprint density at radius 2 is 1.48 bits per heavy atom. The van der Waals surface area contributed by atoms with E-state index in [1.807, 2.05) is 0 Å². The quantitative estimate of drug-likeness (QED) is 0.410. The van der Waals surface area contributed by atoms with Crippen LogP contribution in [0, 0.1) is 0 Å². The Balaban J connectivity index is 2.46. The molecule has 158 valence electrons. The van der Waals surface area contributed by atoms with Crippen molar-refractivity contribution in [2.75, 3.05) is 28.4 Å². The molecule has 0 atom stereocenters. The fraction of sp³-hybridized carbons (Fsp3) is 0.263. The first-order valence-corrected chi connectivity index (χ1v) is 9.84. The predicted molar refractivity (Wildman–Crippen MR) is 107 cm³/mol. The first-order valence-electron chi connectivity index (χ1n) is 8.31. The van der Waals surface area contributed by atoms with E-state index >= 15 is 0 Å². The Kier molecular flexibility index (Phi) is 7.53. The molecule has 0 amide bonds. The fourth-order valence-electron chi connectivity index (χ4n) is 2.64. The van der Waals surface area contributed by atoms with Gasteiger partial charge in [0.15, 0.2) is 23.0 Å². The first-order chi connectivity index (χ1) is 13.7. The van der Waals surface area contributed by atoms with Crippen molar-refractivity contribution < 1.29 is 42.9 Å². The highest BCUT2D eigenvalue weighted by molar-refractivity contribution is 7.46. The third-order valence-corrected chi connectivity index (χ3v) is 4.49. The third kappa shape index (κ3) is 5.65. The molecule has 0 fully saturated rings. The molecule has 0 heterocycles. The number of hydrogen-bond acceptors (Lipinski definition) is 7. The van der Waals surface area contributed by atoms with Crippen LogP contribution in [-0.2, 0) is 15.7 Å². The number of methoxy groups -OCH3 is 4. The van der Waals surface area contributed by atoms with Gasteiger partial charge in [-0.25, -0.2) is 4.57 Å². The standard InChI is InChI=1S/C19H23O9P/c1-24-15-8-7-13(14(18(15)20)11-28-29(21,22)23)6-5-12-9-16(25-2)19(27-4)17(10-12)26-3/h5-10,20H,11H2,1-4H3,(H2,21,22,23)/b6-5-. The lowest BCUT2D eigenvalue weighted by molar-refractivity contribution is 0.187. The zero-order chi connectivity index (χ0) is 21.6. The van der Waals surface area contributed by atoms with Crippen LogP contribution in [0.5, 0.6) is 28.7 Å². The van der Waals surface area contributed by atoms with Gasteiger partial charge in [-0.15, -0.1) is 0 Å². The van der Waals surface area contributed by atoms with E-state index in [0.29, 0.717) is 28.4 Å². The summed E-state index contributed by atoms with van der Waals surface area (Å²) >= 11 is 0. The van der Waals surface area contributed by atoms with Gasteiger partial charge in [0, 0.05) is 5.56 Å². The van der Waals surface area contributed by atoms with Crippen molar-refractivity contribution in [3.8, 4) is 28.7 Å². The molecule has 2 aromatic carbocycles. The van der Waals surface area contributed by atoms with Gasteiger partial charge < -0.3 is 33.8 Å². The number of rotatable bonds is 9. The molecule has 9 nitrogen and oxygen atoms in total. The summed E-state index contributed by atoms with van der Waals surface area (Å²) in [6, 6.07) is 6.62. The zero-order valence-electron chi connectivity index (χ0n) is 16.4. The van der Waals surface area contributed by atoms with Crippen molar-refractivity contribution in [3.05, 3.63) is 41.0 Å². The van der Waals surface area contributed by atoms with Crippen molar-refractivity contribution >= 4 is 20.0 Å². The van der Waals surface area contributed by atoms with Crippen molar-refractivity contribution in [2.24, 2.45) is 0 Å². The van der Waals surface area contributed by atoms with Gasteiger partial charge in [0.2, 0.25) is 5.75 Å². The summed E-state index contributed by atoms with van der Waals surface area (Å²) < 4.78 is 36.6. The molecule has 0 radical (unpaired) electrons. The van der Waals surface area contributed by atoms with E-state index < -0.39 is 14.4 Å². The van der Waals surface area contributed by atoms with Crippen LogP contribution in [0.3, 0.4) is 0 Å². The number of phosphoric ester groups is 1. The second-order valence-corrected chi connectivity index (χ2v) is 6.98. The summed E-state index contributed by atoms with van der Waals surface area (Å²) in [5.74, 6) is 1.26. The molecule has 0 bridgehead atoms. The van der Waals surface area contributed by atoms with Gasteiger partial charge in [0.05, 0.1) is 35.0 Å². The molecule has 10 heteroatoms. The molecule has 0 aliphatic rings. The van der Waals surface area contributed by atoms with Crippen LogP contribution in [0.1, 0.15) is 16.7 Å². The number of ether oxygens (including phenoxy) is 4. The van der Waals surface area contributed by atoms with Crippen molar-refractivity contribution in [2.45, 2.75) is 6.61 Å². The van der Waals surface area contributed by atoms with Crippen LogP contribution in [0.15, 0.2) is 24.3 Å². The van der Waals surface area contributed by atoms with Crippen LogP contribution >= 0.6 is 7.82 Å².